The van der Waals surface area contributed by atoms with Crippen LogP contribution < -0.4 is 5.32 Å². The Bertz CT molecular complexity index is 851. The van der Waals surface area contributed by atoms with Gasteiger partial charge in [0, 0.05) is 48.1 Å². The van der Waals surface area contributed by atoms with Gasteiger partial charge < -0.3 is 19.7 Å². The Kier molecular flexibility index (Phi) is 6.30. The molecule has 5 nitrogen and oxygen atoms in total. The van der Waals surface area contributed by atoms with Crippen molar-refractivity contribution < 1.29 is 14.3 Å². The first-order valence-electron chi connectivity index (χ1n) is 9.85. The molecule has 2 aromatic carbocycles. The number of nitrogens with zero attached hydrogens (tertiary/aromatic N) is 1. The first kappa shape index (κ1) is 20.5. The first-order valence-corrected chi connectivity index (χ1v) is 10.6. The number of benzene rings is 2. The minimum Gasteiger partial charge on any atom is -0.441 e. The number of carbonyl (C=O) groups excluding carboxylic acids is 1. The van der Waals surface area contributed by atoms with Crippen LogP contribution in [0.2, 0.25) is 10.0 Å². The Labute approximate surface area is 180 Å². The Morgan fingerprint density at radius 3 is 2.48 bits per heavy atom. The average Bonchev–Trinajstić information content (AvgIpc) is 3.09. The van der Waals surface area contributed by atoms with Gasteiger partial charge in [-0.05, 0) is 23.8 Å². The summed E-state index contributed by atoms with van der Waals surface area (Å²) in [6.45, 7) is 3.77. The van der Waals surface area contributed by atoms with Crippen molar-refractivity contribution in [3.05, 3.63) is 69.7 Å². The fraction of sp³-hybridized carbons (Fsp3) is 0.409. The predicted octanol–water partition coefficient (Wildman–Crippen LogP) is 4.67. The molecule has 1 N–H and O–H groups in total. The number of nitrogens with one attached hydrogen (secondary N) is 1. The molecule has 4 rings (SSSR count). The van der Waals surface area contributed by atoms with Gasteiger partial charge in [0.2, 0.25) is 0 Å². The van der Waals surface area contributed by atoms with Crippen LogP contribution in [0.3, 0.4) is 0 Å². The van der Waals surface area contributed by atoms with E-state index in [1.54, 1.807) is 0 Å². The molecule has 29 heavy (non-hydrogen) atoms. The van der Waals surface area contributed by atoms with Crippen molar-refractivity contribution >= 4 is 29.3 Å². The van der Waals surface area contributed by atoms with Gasteiger partial charge >= 0.3 is 6.09 Å². The van der Waals surface area contributed by atoms with Crippen LogP contribution in [0, 0.1) is 0 Å². The summed E-state index contributed by atoms with van der Waals surface area (Å²) < 4.78 is 11.8. The average molecular weight is 435 g/mol. The van der Waals surface area contributed by atoms with Crippen LogP contribution >= 0.6 is 23.2 Å². The number of hydrogen-bond acceptors (Lipinski definition) is 4. The molecular weight excluding hydrogens is 411 g/mol. The Morgan fingerprint density at radius 1 is 1.10 bits per heavy atom. The van der Waals surface area contributed by atoms with Gasteiger partial charge in [0.25, 0.3) is 0 Å². The molecule has 2 fully saturated rings. The van der Waals surface area contributed by atoms with E-state index in [1.807, 2.05) is 48.5 Å². The molecule has 154 valence electrons. The van der Waals surface area contributed by atoms with Crippen molar-refractivity contribution in [2.24, 2.45) is 0 Å². The van der Waals surface area contributed by atoms with E-state index in [0.29, 0.717) is 23.2 Å². The first-order chi connectivity index (χ1) is 14.0. The maximum atomic E-state index is 11.4. The van der Waals surface area contributed by atoms with Crippen LogP contribution in [0.25, 0.3) is 0 Å². The van der Waals surface area contributed by atoms with E-state index in [9.17, 15) is 4.79 Å². The topological polar surface area (TPSA) is 50.8 Å². The molecule has 2 aliphatic rings. The molecule has 1 unspecified atom stereocenters. The van der Waals surface area contributed by atoms with Gasteiger partial charge in [-0.2, -0.15) is 0 Å². The van der Waals surface area contributed by atoms with Crippen molar-refractivity contribution in [2.45, 2.75) is 24.5 Å². The van der Waals surface area contributed by atoms with Crippen LogP contribution in [0.4, 0.5) is 4.79 Å². The van der Waals surface area contributed by atoms with Crippen LogP contribution in [0.5, 0.6) is 0 Å². The molecule has 2 saturated heterocycles. The fourth-order valence-electron chi connectivity index (χ4n) is 3.96. The summed E-state index contributed by atoms with van der Waals surface area (Å²) in [4.78, 5) is 13.7. The van der Waals surface area contributed by atoms with Gasteiger partial charge in [-0.1, -0.05) is 53.5 Å². The number of piperidine rings is 1. The molecule has 2 heterocycles. The second-order valence-corrected chi connectivity index (χ2v) is 8.44. The van der Waals surface area contributed by atoms with E-state index < -0.39 is 0 Å². The van der Waals surface area contributed by atoms with Gasteiger partial charge in [-0.15, -0.1) is 0 Å². The van der Waals surface area contributed by atoms with Gasteiger partial charge in [-0.3, -0.25) is 0 Å². The molecular formula is C22H24Cl2N2O3. The highest BCUT2D eigenvalue weighted by atomic mass is 35.5. The summed E-state index contributed by atoms with van der Waals surface area (Å²) in [7, 11) is 0. The molecule has 0 aliphatic carbocycles. The van der Waals surface area contributed by atoms with Gasteiger partial charge in [0.15, 0.2) is 0 Å². The minimum atomic E-state index is -0.322. The zero-order valence-corrected chi connectivity index (χ0v) is 17.6. The molecule has 1 amide bonds. The maximum absolute atomic E-state index is 11.4. The third-order valence-electron chi connectivity index (χ3n) is 5.68. The van der Waals surface area contributed by atoms with Crippen molar-refractivity contribution in [3.8, 4) is 0 Å². The monoisotopic (exact) mass is 434 g/mol. The van der Waals surface area contributed by atoms with E-state index in [1.165, 1.54) is 0 Å². The Balaban J connectivity index is 1.37. The fourth-order valence-corrected chi connectivity index (χ4v) is 4.32. The van der Waals surface area contributed by atoms with Crippen molar-refractivity contribution in [1.29, 1.82) is 0 Å². The maximum Gasteiger partial charge on any atom is 0.407 e. The third kappa shape index (κ3) is 4.86. The molecule has 2 aliphatic heterocycles. The normalized spacial score (nSPS) is 19.7. The van der Waals surface area contributed by atoms with Crippen molar-refractivity contribution in [3.63, 3.8) is 0 Å². The lowest BCUT2D eigenvalue weighted by molar-refractivity contribution is -0.0105. The van der Waals surface area contributed by atoms with E-state index >= 15 is 0 Å². The lowest BCUT2D eigenvalue weighted by Crippen LogP contribution is -2.47. The summed E-state index contributed by atoms with van der Waals surface area (Å²) in [5.74, 6) is 0. The SMILES string of the molecule is O=C1NCC2(CCN(CCOC(c3ccc(Cl)cc3)c3ccccc3Cl)CC2)O1. The van der Waals surface area contributed by atoms with Gasteiger partial charge in [0.05, 0.1) is 13.2 Å². The van der Waals surface area contributed by atoms with Crippen LogP contribution in [0.1, 0.15) is 30.1 Å². The molecule has 0 radical (unpaired) electrons. The number of amides is 1. The van der Waals surface area contributed by atoms with Crippen LogP contribution in [-0.4, -0.2) is 49.4 Å². The zero-order valence-electron chi connectivity index (χ0n) is 16.1. The second-order valence-electron chi connectivity index (χ2n) is 7.59. The van der Waals surface area contributed by atoms with E-state index in [4.69, 9.17) is 32.7 Å². The third-order valence-corrected chi connectivity index (χ3v) is 6.28. The quantitative estimate of drug-likeness (QED) is 0.717. The number of halogens is 2. The standard InChI is InChI=1S/C22H24Cl2N2O3/c23-17-7-5-16(6-8-17)20(18-3-1-2-4-19(18)24)28-14-13-26-11-9-22(10-12-26)15-25-21(27)29-22/h1-8,20H,9-15H2,(H,25,27). The van der Waals surface area contributed by atoms with Crippen molar-refractivity contribution in [2.75, 3.05) is 32.8 Å². The smallest absolute Gasteiger partial charge is 0.407 e. The highest BCUT2D eigenvalue weighted by molar-refractivity contribution is 6.31. The van der Waals surface area contributed by atoms with Crippen LogP contribution in [-0.2, 0) is 9.47 Å². The summed E-state index contributed by atoms with van der Waals surface area (Å²) in [6.07, 6.45) is 1.14. The molecule has 7 heteroatoms. The molecule has 1 atom stereocenters. The number of hydrogen-bond donors (Lipinski definition) is 1. The highest BCUT2D eigenvalue weighted by Gasteiger charge is 2.42. The molecule has 2 aromatic rings. The lowest BCUT2D eigenvalue weighted by atomic mass is 9.92. The predicted molar refractivity (Wildman–Crippen MR) is 114 cm³/mol. The van der Waals surface area contributed by atoms with Crippen molar-refractivity contribution in [1.82, 2.24) is 10.2 Å². The number of likely N-dealkylation sites (tertiary alicyclic amines) is 1. The van der Waals surface area contributed by atoms with E-state index in [-0.39, 0.29) is 17.8 Å². The van der Waals surface area contributed by atoms with Gasteiger partial charge in [0.1, 0.15) is 11.7 Å². The largest absolute Gasteiger partial charge is 0.441 e. The summed E-state index contributed by atoms with van der Waals surface area (Å²) >= 11 is 12.5. The second kappa shape index (κ2) is 8.92. The van der Waals surface area contributed by atoms with Gasteiger partial charge in [-0.25, -0.2) is 4.79 Å². The van der Waals surface area contributed by atoms with Crippen LogP contribution in [0.15, 0.2) is 48.5 Å². The number of carbonyl (C=O) groups is 1. The number of alkyl carbamates (subject to hydrolysis) is 1. The Hall–Kier alpha value is -1.79. The molecule has 0 aromatic heterocycles. The summed E-state index contributed by atoms with van der Waals surface area (Å²) in [5, 5.41) is 4.15. The zero-order chi connectivity index (χ0) is 20.3. The summed E-state index contributed by atoms with van der Waals surface area (Å²) in [5.41, 5.74) is 1.64. The highest BCUT2D eigenvalue weighted by Crippen LogP contribution is 2.32. The minimum absolute atomic E-state index is 0.253. The van der Waals surface area contributed by atoms with E-state index in [2.05, 4.69) is 10.2 Å². The number of ether oxygens (including phenoxy) is 2. The molecule has 0 saturated carbocycles. The molecule has 1 spiro atoms. The molecule has 0 bridgehead atoms. The van der Waals surface area contributed by atoms with E-state index in [0.717, 1.165) is 43.6 Å². The Morgan fingerprint density at radius 2 is 1.83 bits per heavy atom. The lowest BCUT2D eigenvalue weighted by Gasteiger charge is -2.37. The summed E-state index contributed by atoms with van der Waals surface area (Å²) in [6, 6.07) is 15.4. The number of rotatable bonds is 6.